The molecule has 118 valence electrons. The van der Waals surface area contributed by atoms with Gasteiger partial charge in [0.2, 0.25) is 10.0 Å². The molecule has 0 unspecified atom stereocenters. The minimum absolute atomic E-state index is 0.170. The third-order valence-electron chi connectivity index (χ3n) is 2.38. The molecule has 0 spiro atoms. The highest BCUT2D eigenvalue weighted by Crippen LogP contribution is 2.25. The van der Waals surface area contributed by atoms with Gasteiger partial charge >= 0.3 is 0 Å². The van der Waals surface area contributed by atoms with Gasteiger partial charge in [-0.25, -0.2) is 21.6 Å². The van der Waals surface area contributed by atoms with Crippen LogP contribution in [0.5, 0.6) is 0 Å². The average Bonchev–Trinajstić information content (AvgIpc) is 2.35. The van der Waals surface area contributed by atoms with Crippen LogP contribution in [0.4, 0.5) is 11.4 Å². The number of anilines is 1. The molecular weight excluding hydrogens is 324 g/mol. The molecule has 0 aliphatic carbocycles. The summed E-state index contributed by atoms with van der Waals surface area (Å²) in [5.41, 5.74) is 1.56. The van der Waals surface area contributed by atoms with Gasteiger partial charge in [-0.05, 0) is 6.07 Å². The van der Waals surface area contributed by atoms with Gasteiger partial charge in [-0.3, -0.25) is 16.0 Å². The Kier molecular flexibility index (Phi) is 5.22. The first-order valence-electron chi connectivity index (χ1n) is 5.49. The van der Waals surface area contributed by atoms with E-state index in [1.807, 2.05) is 0 Å². The zero-order valence-electron chi connectivity index (χ0n) is 10.9. The van der Waals surface area contributed by atoms with Crippen molar-refractivity contribution < 1.29 is 21.8 Å². The average molecular weight is 338 g/mol. The lowest BCUT2D eigenvalue weighted by Crippen LogP contribution is -2.29. The molecule has 0 atom stereocenters. The Morgan fingerprint density at radius 3 is 2.38 bits per heavy atom. The van der Waals surface area contributed by atoms with Gasteiger partial charge in [-0.1, -0.05) is 0 Å². The Hall–Kier alpha value is -1.76. The molecule has 0 amide bonds. The van der Waals surface area contributed by atoms with E-state index < -0.39 is 24.8 Å². The number of nitrogens with zero attached hydrogens (tertiary/aromatic N) is 1. The molecule has 0 saturated heterocycles. The van der Waals surface area contributed by atoms with Crippen LogP contribution in [0.1, 0.15) is 0 Å². The van der Waals surface area contributed by atoms with Gasteiger partial charge in [0, 0.05) is 24.9 Å². The third-order valence-corrected chi connectivity index (χ3v) is 4.85. The molecule has 1 aromatic rings. The quantitative estimate of drug-likeness (QED) is 0.331. The molecule has 12 heteroatoms. The van der Waals surface area contributed by atoms with Gasteiger partial charge < -0.3 is 5.43 Å². The molecule has 0 heterocycles. The lowest BCUT2D eigenvalue weighted by atomic mass is 10.3. The van der Waals surface area contributed by atoms with Crippen molar-refractivity contribution in [3.8, 4) is 0 Å². The Balaban J connectivity index is 3.05. The second-order valence-electron chi connectivity index (χ2n) is 4.11. The predicted molar refractivity (Wildman–Crippen MR) is 75.8 cm³/mol. The smallest absolute Gasteiger partial charge is 0.271 e. The fourth-order valence-electron chi connectivity index (χ4n) is 1.42. The van der Waals surface area contributed by atoms with Crippen LogP contribution in [-0.4, -0.2) is 40.3 Å². The largest absolute Gasteiger partial charge is 0.323 e. The summed E-state index contributed by atoms with van der Waals surface area (Å²) in [4.78, 5) is 9.60. The molecule has 21 heavy (non-hydrogen) atoms. The van der Waals surface area contributed by atoms with Crippen molar-refractivity contribution in [2.75, 3.05) is 24.0 Å². The second kappa shape index (κ2) is 6.34. The van der Waals surface area contributed by atoms with E-state index in [9.17, 15) is 26.9 Å². The zero-order chi connectivity index (χ0) is 16.3. The number of nitro benzene ring substituents is 1. The van der Waals surface area contributed by atoms with Crippen molar-refractivity contribution in [3.05, 3.63) is 28.3 Å². The van der Waals surface area contributed by atoms with Crippen LogP contribution in [0.25, 0.3) is 0 Å². The zero-order valence-corrected chi connectivity index (χ0v) is 12.6. The lowest BCUT2D eigenvalue weighted by molar-refractivity contribution is -0.384. The van der Waals surface area contributed by atoms with Crippen LogP contribution in [0.15, 0.2) is 23.1 Å². The van der Waals surface area contributed by atoms with Gasteiger partial charge in [0.05, 0.1) is 16.4 Å². The van der Waals surface area contributed by atoms with Crippen LogP contribution < -0.4 is 16.0 Å². The first-order valence-corrected chi connectivity index (χ1v) is 9.03. The Morgan fingerprint density at radius 1 is 1.29 bits per heavy atom. The summed E-state index contributed by atoms with van der Waals surface area (Å²) < 4.78 is 48.0. The van der Waals surface area contributed by atoms with E-state index in [2.05, 4.69) is 10.1 Å². The van der Waals surface area contributed by atoms with Crippen LogP contribution in [-0.2, 0) is 19.9 Å². The lowest BCUT2D eigenvalue weighted by Gasteiger charge is -2.10. The normalized spacial score (nSPS) is 12.1. The maximum atomic E-state index is 12.0. The summed E-state index contributed by atoms with van der Waals surface area (Å²) in [6.07, 6.45) is 0.972. The van der Waals surface area contributed by atoms with Crippen molar-refractivity contribution in [3.63, 3.8) is 0 Å². The van der Waals surface area contributed by atoms with Crippen LogP contribution in [0.3, 0.4) is 0 Å². The highest BCUT2D eigenvalue weighted by Gasteiger charge is 2.21. The number of non-ortho nitro benzene ring substituents is 1. The van der Waals surface area contributed by atoms with Crippen molar-refractivity contribution in [2.24, 2.45) is 5.84 Å². The number of sulfone groups is 1. The molecule has 0 aliphatic heterocycles. The molecule has 10 nitrogen and oxygen atoms in total. The van der Waals surface area contributed by atoms with E-state index in [1.54, 1.807) is 0 Å². The molecule has 0 aromatic heterocycles. The van der Waals surface area contributed by atoms with Crippen molar-refractivity contribution in [2.45, 2.75) is 4.90 Å². The number of benzene rings is 1. The molecule has 0 saturated carbocycles. The molecule has 0 aliphatic rings. The van der Waals surface area contributed by atoms with E-state index in [4.69, 9.17) is 5.84 Å². The molecule has 0 radical (unpaired) electrons. The molecular formula is C9H14N4O6S2. The Morgan fingerprint density at radius 2 is 1.90 bits per heavy atom. The van der Waals surface area contributed by atoms with Crippen LogP contribution in [0, 0.1) is 10.1 Å². The molecule has 0 fully saturated rings. The number of hydrogen-bond donors (Lipinski definition) is 3. The highest BCUT2D eigenvalue weighted by molar-refractivity contribution is 7.91. The summed E-state index contributed by atoms with van der Waals surface area (Å²) in [5, 5.41) is 10.6. The van der Waals surface area contributed by atoms with Crippen molar-refractivity contribution >= 4 is 31.2 Å². The SMILES string of the molecule is CS(=O)(=O)CCNS(=O)(=O)c1ccc([N+](=O)[O-])cc1NN. The molecule has 0 bridgehead atoms. The van der Waals surface area contributed by atoms with E-state index in [0.717, 1.165) is 24.5 Å². The minimum atomic E-state index is -4.05. The predicted octanol–water partition coefficient (Wildman–Crippen LogP) is -0.797. The number of sulfonamides is 1. The fraction of sp³-hybridized carbons (Fsp3) is 0.333. The summed E-state index contributed by atoms with van der Waals surface area (Å²) >= 11 is 0. The van der Waals surface area contributed by atoms with E-state index in [1.165, 1.54) is 0 Å². The van der Waals surface area contributed by atoms with Gasteiger partial charge in [0.15, 0.2) is 0 Å². The monoisotopic (exact) mass is 338 g/mol. The maximum absolute atomic E-state index is 12.0. The molecule has 1 aromatic carbocycles. The number of nitrogens with one attached hydrogen (secondary N) is 2. The highest BCUT2D eigenvalue weighted by atomic mass is 32.2. The van der Waals surface area contributed by atoms with Gasteiger partial charge in [0.25, 0.3) is 5.69 Å². The molecule has 4 N–H and O–H groups in total. The summed E-state index contributed by atoms with van der Waals surface area (Å²) in [6, 6.07) is 2.98. The number of nitrogens with two attached hydrogens (primary N) is 1. The van der Waals surface area contributed by atoms with Crippen LogP contribution >= 0.6 is 0 Å². The van der Waals surface area contributed by atoms with Crippen molar-refractivity contribution in [1.82, 2.24) is 4.72 Å². The van der Waals surface area contributed by atoms with E-state index in [0.29, 0.717) is 0 Å². The number of hydrogen-bond acceptors (Lipinski definition) is 8. The van der Waals surface area contributed by atoms with Crippen molar-refractivity contribution in [1.29, 1.82) is 0 Å². The van der Waals surface area contributed by atoms with Crippen LogP contribution in [0.2, 0.25) is 0 Å². The van der Waals surface area contributed by atoms with E-state index in [-0.39, 0.29) is 28.6 Å². The molecule has 1 rings (SSSR count). The first kappa shape index (κ1) is 17.3. The van der Waals surface area contributed by atoms with Gasteiger partial charge in [-0.2, -0.15) is 0 Å². The van der Waals surface area contributed by atoms with Gasteiger partial charge in [-0.15, -0.1) is 0 Å². The summed E-state index contributed by atoms with van der Waals surface area (Å²) in [7, 11) is -7.37. The number of rotatable bonds is 7. The number of hydrazine groups is 1. The third kappa shape index (κ3) is 4.93. The Labute approximate surface area is 121 Å². The topological polar surface area (TPSA) is 162 Å². The standard InChI is InChI=1S/C9H14N4O6S2/c1-20(16,17)5-4-11-21(18,19)9-3-2-7(13(14)15)6-8(9)12-10/h2-3,6,11-12H,4-5,10H2,1H3. The summed E-state index contributed by atoms with van der Waals surface area (Å²) in [5.74, 6) is 4.78. The number of nitrogen functional groups attached to an aromatic ring is 1. The van der Waals surface area contributed by atoms with Gasteiger partial charge in [0.1, 0.15) is 14.7 Å². The minimum Gasteiger partial charge on any atom is -0.323 e. The Bertz CT molecular complexity index is 744. The fourth-order valence-corrected chi connectivity index (χ4v) is 3.20. The maximum Gasteiger partial charge on any atom is 0.271 e. The second-order valence-corrected chi connectivity index (χ2v) is 8.10. The van der Waals surface area contributed by atoms with E-state index >= 15 is 0 Å². The number of nitro groups is 1. The summed E-state index contributed by atoms with van der Waals surface area (Å²) in [6.45, 7) is -0.317. The first-order chi connectivity index (χ1) is 9.57.